The highest BCUT2D eigenvalue weighted by Gasteiger charge is 2.15. The van der Waals surface area contributed by atoms with E-state index in [0.717, 1.165) is 17.1 Å². The lowest BCUT2D eigenvalue weighted by molar-refractivity contribution is 0.627. The van der Waals surface area contributed by atoms with Crippen LogP contribution in [0.3, 0.4) is 0 Å². The van der Waals surface area contributed by atoms with Crippen molar-refractivity contribution in [2.45, 2.75) is 26.8 Å². The summed E-state index contributed by atoms with van der Waals surface area (Å²) in [6, 6.07) is 15.0. The Balaban J connectivity index is 2.45. The van der Waals surface area contributed by atoms with Crippen molar-refractivity contribution in [3.8, 4) is 0 Å². The van der Waals surface area contributed by atoms with Gasteiger partial charge in [0.15, 0.2) is 0 Å². The Labute approximate surface area is 120 Å². The summed E-state index contributed by atoms with van der Waals surface area (Å²) in [6.07, 6.45) is 0. The van der Waals surface area contributed by atoms with Crippen molar-refractivity contribution < 1.29 is 0 Å². The first kappa shape index (κ1) is 14.1. The maximum absolute atomic E-state index is 6.12. The molecule has 0 aliphatic rings. The molecule has 19 heavy (non-hydrogen) atoms. The minimum absolute atomic E-state index is 0.224. The molecule has 0 spiro atoms. The number of hydrogen-bond donors (Lipinski definition) is 1. The van der Waals surface area contributed by atoms with Gasteiger partial charge in [-0.1, -0.05) is 54.9 Å². The number of aryl methyl sites for hydroxylation is 2. The predicted octanol–water partition coefficient (Wildman–Crippen LogP) is 4.66. The molecule has 1 unspecified atom stereocenters. The van der Waals surface area contributed by atoms with Gasteiger partial charge in [0.1, 0.15) is 0 Å². The number of rotatable bonds is 4. The van der Waals surface area contributed by atoms with Crippen molar-refractivity contribution in [2.24, 2.45) is 0 Å². The number of nitrogens with one attached hydrogen (secondary N) is 1. The molecule has 2 rings (SSSR count). The van der Waals surface area contributed by atoms with E-state index in [1.165, 1.54) is 16.7 Å². The van der Waals surface area contributed by atoms with Gasteiger partial charge in [0, 0.05) is 5.02 Å². The van der Waals surface area contributed by atoms with E-state index >= 15 is 0 Å². The van der Waals surface area contributed by atoms with Crippen LogP contribution in [0.25, 0.3) is 0 Å². The molecule has 2 aromatic carbocycles. The summed E-state index contributed by atoms with van der Waals surface area (Å²) in [4.78, 5) is 0. The average molecular weight is 274 g/mol. The molecule has 0 aliphatic heterocycles. The van der Waals surface area contributed by atoms with Crippen LogP contribution >= 0.6 is 11.6 Å². The fourth-order valence-electron chi connectivity index (χ4n) is 2.37. The Kier molecular flexibility index (Phi) is 4.62. The van der Waals surface area contributed by atoms with Gasteiger partial charge in [0.2, 0.25) is 0 Å². The van der Waals surface area contributed by atoms with Gasteiger partial charge in [-0.25, -0.2) is 0 Å². The van der Waals surface area contributed by atoms with E-state index in [9.17, 15) is 0 Å². The van der Waals surface area contributed by atoms with Gasteiger partial charge < -0.3 is 5.32 Å². The molecule has 0 saturated heterocycles. The van der Waals surface area contributed by atoms with Crippen LogP contribution in [0.1, 0.15) is 35.2 Å². The van der Waals surface area contributed by atoms with E-state index in [4.69, 9.17) is 11.6 Å². The summed E-state index contributed by atoms with van der Waals surface area (Å²) in [5.74, 6) is 0. The number of benzene rings is 2. The number of hydrogen-bond acceptors (Lipinski definition) is 1. The van der Waals surface area contributed by atoms with Crippen LogP contribution in [0.5, 0.6) is 0 Å². The Morgan fingerprint density at radius 2 is 1.79 bits per heavy atom. The maximum Gasteiger partial charge on any atom is 0.0579 e. The molecule has 1 atom stereocenters. The molecule has 0 radical (unpaired) electrons. The van der Waals surface area contributed by atoms with Gasteiger partial charge in [-0.2, -0.15) is 0 Å². The van der Waals surface area contributed by atoms with Gasteiger partial charge in [-0.05, 0) is 48.7 Å². The average Bonchev–Trinajstić information content (AvgIpc) is 2.40. The summed E-state index contributed by atoms with van der Waals surface area (Å²) in [5, 5.41) is 4.38. The molecule has 0 heterocycles. The van der Waals surface area contributed by atoms with Crippen LogP contribution in [-0.2, 0) is 0 Å². The van der Waals surface area contributed by atoms with Crippen molar-refractivity contribution in [2.75, 3.05) is 6.54 Å². The lowest BCUT2D eigenvalue weighted by Gasteiger charge is -2.21. The van der Waals surface area contributed by atoms with Crippen LogP contribution in [0, 0.1) is 13.8 Å². The first-order valence-electron chi connectivity index (χ1n) is 6.68. The summed E-state index contributed by atoms with van der Waals surface area (Å²) in [6.45, 7) is 7.27. The van der Waals surface area contributed by atoms with E-state index in [-0.39, 0.29) is 6.04 Å². The van der Waals surface area contributed by atoms with Crippen molar-refractivity contribution in [3.63, 3.8) is 0 Å². The summed E-state index contributed by atoms with van der Waals surface area (Å²) in [5.41, 5.74) is 5.01. The van der Waals surface area contributed by atoms with E-state index in [1.54, 1.807) is 0 Å². The van der Waals surface area contributed by atoms with Gasteiger partial charge in [0.05, 0.1) is 6.04 Å². The smallest absolute Gasteiger partial charge is 0.0579 e. The zero-order valence-electron chi connectivity index (χ0n) is 11.7. The molecule has 2 aromatic rings. The molecule has 0 amide bonds. The van der Waals surface area contributed by atoms with E-state index < -0.39 is 0 Å². The molecule has 0 bridgehead atoms. The lowest BCUT2D eigenvalue weighted by atomic mass is 9.94. The Morgan fingerprint density at radius 3 is 2.42 bits per heavy atom. The zero-order chi connectivity index (χ0) is 13.8. The minimum Gasteiger partial charge on any atom is -0.307 e. The third-order valence-corrected chi connectivity index (χ3v) is 3.85. The second kappa shape index (κ2) is 6.23. The molecule has 1 nitrogen and oxygen atoms in total. The highest BCUT2D eigenvalue weighted by Crippen LogP contribution is 2.27. The minimum atomic E-state index is 0.224. The molecule has 1 N–H and O–H groups in total. The van der Waals surface area contributed by atoms with E-state index in [2.05, 4.69) is 55.6 Å². The molecule has 0 saturated carbocycles. The number of halogens is 1. The molecule has 2 heteroatoms. The molecular weight excluding hydrogens is 254 g/mol. The van der Waals surface area contributed by atoms with Gasteiger partial charge in [-0.3, -0.25) is 0 Å². The standard InChI is InChI=1S/C17H20ClN/c1-4-19-17(15-8-6-5-7-12(15)2)14-9-10-16(18)13(3)11-14/h5-11,17,19H,4H2,1-3H3. The second-order valence-corrected chi connectivity index (χ2v) is 5.26. The Hall–Kier alpha value is -1.31. The molecule has 0 aliphatic carbocycles. The van der Waals surface area contributed by atoms with Crippen molar-refractivity contribution >= 4 is 11.6 Å². The largest absolute Gasteiger partial charge is 0.307 e. The Morgan fingerprint density at radius 1 is 1.05 bits per heavy atom. The fourth-order valence-corrected chi connectivity index (χ4v) is 2.49. The van der Waals surface area contributed by atoms with Crippen LogP contribution in [0.4, 0.5) is 0 Å². The SMILES string of the molecule is CCNC(c1ccc(Cl)c(C)c1)c1ccccc1C. The quantitative estimate of drug-likeness (QED) is 0.855. The van der Waals surface area contributed by atoms with Crippen molar-refractivity contribution in [1.82, 2.24) is 5.32 Å². The van der Waals surface area contributed by atoms with Gasteiger partial charge in [-0.15, -0.1) is 0 Å². The van der Waals surface area contributed by atoms with Crippen LogP contribution in [-0.4, -0.2) is 6.54 Å². The van der Waals surface area contributed by atoms with Crippen LogP contribution < -0.4 is 5.32 Å². The van der Waals surface area contributed by atoms with Gasteiger partial charge >= 0.3 is 0 Å². The molecule has 0 fully saturated rings. The summed E-state index contributed by atoms with van der Waals surface area (Å²) >= 11 is 6.12. The highest BCUT2D eigenvalue weighted by molar-refractivity contribution is 6.31. The van der Waals surface area contributed by atoms with Crippen LogP contribution in [0.2, 0.25) is 5.02 Å². The first-order chi connectivity index (χ1) is 9.13. The van der Waals surface area contributed by atoms with E-state index in [1.807, 2.05) is 13.0 Å². The molecule has 100 valence electrons. The highest BCUT2D eigenvalue weighted by atomic mass is 35.5. The summed E-state index contributed by atoms with van der Waals surface area (Å²) in [7, 11) is 0. The molecule has 0 aromatic heterocycles. The maximum atomic E-state index is 6.12. The predicted molar refractivity (Wildman–Crippen MR) is 82.9 cm³/mol. The third kappa shape index (κ3) is 3.17. The molecular formula is C17H20ClN. The zero-order valence-corrected chi connectivity index (χ0v) is 12.5. The van der Waals surface area contributed by atoms with E-state index in [0.29, 0.717) is 0 Å². The van der Waals surface area contributed by atoms with Gasteiger partial charge in [0.25, 0.3) is 0 Å². The van der Waals surface area contributed by atoms with Crippen molar-refractivity contribution in [3.05, 3.63) is 69.7 Å². The van der Waals surface area contributed by atoms with Crippen molar-refractivity contribution in [1.29, 1.82) is 0 Å². The van der Waals surface area contributed by atoms with Crippen LogP contribution in [0.15, 0.2) is 42.5 Å². The Bertz CT molecular complexity index is 563. The lowest BCUT2D eigenvalue weighted by Crippen LogP contribution is -2.22. The summed E-state index contributed by atoms with van der Waals surface area (Å²) < 4.78 is 0. The topological polar surface area (TPSA) is 12.0 Å². The first-order valence-corrected chi connectivity index (χ1v) is 7.06. The monoisotopic (exact) mass is 273 g/mol. The fraction of sp³-hybridized carbons (Fsp3) is 0.294. The second-order valence-electron chi connectivity index (χ2n) is 4.86. The third-order valence-electron chi connectivity index (χ3n) is 3.42. The normalized spacial score (nSPS) is 12.4.